The Morgan fingerprint density at radius 3 is 2.97 bits per heavy atom. The van der Waals surface area contributed by atoms with E-state index in [9.17, 15) is 19.8 Å². The number of aliphatic hydroxyl groups is 2. The molecule has 1 fully saturated rings. The Morgan fingerprint density at radius 1 is 1.34 bits per heavy atom. The molecule has 9 heteroatoms. The molecule has 3 N–H and O–H groups in total. The van der Waals surface area contributed by atoms with E-state index in [1.54, 1.807) is 6.08 Å². The molecule has 0 bridgehead atoms. The van der Waals surface area contributed by atoms with Crippen molar-refractivity contribution in [3.05, 3.63) is 70.4 Å². The lowest BCUT2D eigenvalue weighted by Gasteiger charge is -2.41. The molecule has 194 valence electrons. The van der Waals surface area contributed by atoms with Gasteiger partial charge in [-0.25, -0.2) is 0 Å². The van der Waals surface area contributed by atoms with Gasteiger partial charge in [0.25, 0.3) is 0 Å². The van der Waals surface area contributed by atoms with Gasteiger partial charge in [0.15, 0.2) is 5.78 Å². The normalized spacial score (nSPS) is 21.0. The van der Waals surface area contributed by atoms with E-state index in [1.807, 2.05) is 35.0 Å². The number of hydrogen-bond acceptors (Lipinski definition) is 7. The maximum atomic E-state index is 11.6. The van der Waals surface area contributed by atoms with Crippen LogP contribution in [-0.4, -0.2) is 56.6 Å². The number of unbranched alkanes of at least 4 members (excludes halogenated alkanes) is 1. The monoisotopic (exact) mass is 513 g/mol. The Kier molecular flexibility index (Phi) is 7.17. The molecule has 5 rings (SSSR count). The van der Waals surface area contributed by atoms with Crippen molar-refractivity contribution in [2.75, 3.05) is 18.5 Å². The number of ketones is 1. The highest BCUT2D eigenvalue weighted by Gasteiger charge is 2.53. The number of benzene rings is 1. The van der Waals surface area contributed by atoms with Crippen LogP contribution in [0.25, 0.3) is 5.57 Å². The van der Waals surface area contributed by atoms with Gasteiger partial charge in [-0.2, -0.15) is 5.10 Å². The van der Waals surface area contributed by atoms with Gasteiger partial charge in [-0.05, 0) is 24.6 Å². The molecule has 1 aromatic carbocycles. The molecule has 38 heavy (non-hydrogen) atoms. The highest BCUT2D eigenvalue weighted by atomic mass is 16.5. The minimum absolute atomic E-state index is 0.0755. The Labute approximate surface area is 219 Å². The fourth-order valence-electron chi connectivity index (χ4n) is 4.51. The molecule has 2 unspecified atom stereocenters. The summed E-state index contributed by atoms with van der Waals surface area (Å²) in [5, 5.41) is 26.8. The highest BCUT2D eigenvalue weighted by Crippen LogP contribution is 2.32. The summed E-state index contributed by atoms with van der Waals surface area (Å²) in [6.07, 6.45) is 3.65. The van der Waals surface area contributed by atoms with E-state index < -0.39 is 18.3 Å². The third-order valence-electron chi connectivity index (χ3n) is 6.52. The van der Waals surface area contributed by atoms with Crippen molar-refractivity contribution < 1.29 is 29.3 Å². The fourth-order valence-corrected chi connectivity index (χ4v) is 4.51. The van der Waals surface area contributed by atoms with E-state index in [2.05, 4.69) is 28.6 Å². The third kappa shape index (κ3) is 5.27. The molecule has 2 aliphatic carbocycles. The zero-order valence-electron chi connectivity index (χ0n) is 20.9. The topological polar surface area (TPSA) is 123 Å². The second-order valence-electron chi connectivity index (χ2n) is 9.44. The summed E-state index contributed by atoms with van der Waals surface area (Å²) < 4.78 is 13.4. The Bertz CT molecular complexity index is 1490. The van der Waals surface area contributed by atoms with Crippen LogP contribution in [0.5, 0.6) is 5.75 Å². The van der Waals surface area contributed by atoms with Crippen LogP contribution in [0.4, 0.5) is 5.69 Å². The third-order valence-corrected chi connectivity index (χ3v) is 6.52. The maximum Gasteiger partial charge on any atom is 0.221 e. The van der Waals surface area contributed by atoms with Crippen LogP contribution in [0.15, 0.2) is 53.5 Å². The molecule has 1 aliphatic heterocycles. The number of carbonyl (C=O) groups is 2. The van der Waals surface area contributed by atoms with Gasteiger partial charge >= 0.3 is 0 Å². The fraction of sp³-hybridized carbons (Fsp3) is 0.345. The first-order valence-corrected chi connectivity index (χ1v) is 12.3. The molecule has 0 spiro atoms. The second kappa shape index (κ2) is 10.7. The lowest BCUT2D eigenvalue weighted by molar-refractivity contribution is -0.194. The number of ether oxygens (including phenoxy) is 2. The van der Waals surface area contributed by atoms with E-state index in [1.165, 1.54) is 6.92 Å². The first-order valence-electron chi connectivity index (χ1n) is 12.3. The number of aromatic nitrogens is 2. The van der Waals surface area contributed by atoms with E-state index in [0.717, 1.165) is 28.1 Å². The molecular formula is C29H27N3O6. The zero-order valence-corrected chi connectivity index (χ0v) is 20.9. The number of rotatable bonds is 7. The average Bonchev–Trinajstić information content (AvgIpc) is 3.22. The molecule has 2 atom stereocenters. The minimum atomic E-state index is -1.46. The summed E-state index contributed by atoms with van der Waals surface area (Å²) >= 11 is 0. The lowest BCUT2D eigenvalue weighted by atomic mass is 9.76. The highest BCUT2D eigenvalue weighted by molar-refractivity contribution is 5.92. The quantitative estimate of drug-likeness (QED) is 0.295. The Morgan fingerprint density at radius 2 is 2.18 bits per heavy atom. The molecule has 0 radical (unpaired) electrons. The number of Topliss-reactive ketones (excluding diaryl/α,β-unsaturated/α-hetero) is 1. The lowest BCUT2D eigenvalue weighted by Crippen LogP contribution is -2.62. The number of fused-ring (bicyclic) bond motifs is 2. The minimum Gasteiger partial charge on any atom is -0.487 e. The molecule has 9 nitrogen and oxygen atoms in total. The summed E-state index contributed by atoms with van der Waals surface area (Å²) in [6, 6.07) is 7.56. The van der Waals surface area contributed by atoms with Gasteiger partial charge in [0, 0.05) is 60.9 Å². The van der Waals surface area contributed by atoms with Crippen LogP contribution in [0.1, 0.15) is 43.1 Å². The molecule has 2 heterocycles. The van der Waals surface area contributed by atoms with Crippen molar-refractivity contribution in [1.82, 2.24) is 9.78 Å². The van der Waals surface area contributed by atoms with Crippen LogP contribution in [0.2, 0.25) is 0 Å². The smallest absolute Gasteiger partial charge is 0.221 e. The van der Waals surface area contributed by atoms with Gasteiger partial charge in [-0.3, -0.25) is 14.3 Å². The average molecular weight is 514 g/mol. The summed E-state index contributed by atoms with van der Waals surface area (Å²) in [6.45, 7) is 2.10. The van der Waals surface area contributed by atoms with Crippen LogP contribution in [0.3, 0.4) is 0 Å². The Hall–Kier alpha value is -4.15. The van der Waals surface area contributed by atoms with Gasteiger partial charge < -0.3 is 25.0 Å². The number of nitrogens with zero attached hydrogens (tertiary/aromatic N) is 2. The van der Waals surface area contributed by atoms with Crippen molar-refractivity contribution in [2.45, 2.75) is 51.0 Å². The zero-order chi connectivity index (χ0) is 26.7. The number of aliphatic hydroxyl groups excluding tert-OH is 1. The number of anilines is 1. The predicted octanol–water partition coefficient (Wildman–Crippen LogP) is 2.28. The Balaban J connectivity index is 1.24. The number of carbonyl (C=O) groups excluding carboxylic acids is 2. The molecule has 1 saturated carbocycles. The predicted molar refractivity (Wildman–Crippen MR) is 138 cm³/mol. The van der Waals surface area contributed by atoms with Gasteiger partial charge in [0.05, 0.1) is 24.5 Å². The van der Waals surface area contributed by atoms with Crippen molar-refractivity contribution >= 4 is 23.0 Å². The number of nitrogens with one attached hydrogen (secondary N) is 1. The SMILES string of the molecule is CC(=O)Nc1ccc2c(c1)OCc1cc(C3=C(C#CCCCOC4C(=O)CC4(O)CO)C=C=C=C3)nn1C2. The van der Waals surface area contributed by atoms with E-state index in [-0.39, 0.29) is 24.7 Å². The van der Waals surface area contributed by atoms with Crippen LogP contribution >= 0.6 is 0 Å². The maximum absolute atomic E-state index is 11.6. The summed E-state index contributed by atoms with van der Waals surface area (Å²) in [5.41, 5.74) is 9.38. The molecule has 1 amide bonds. The van der Waals surface area contributed by atoms with Gasteiger partial charge in [0.1, 0.15) is 24.1 Å². The number of allylic oxidation sites excluding steroid dienone is 4. The van der Waals surface area contributed by atoms with Crippen molar-refractivity contribution in [1.29, 1.82) is 0 Å². The van der Waals surface area contributed by atoms with Crippen LogP contribution < -0.4 is 10.1 Å². The van der Waals surface area contributed by atoms with Gasteiger partial charge in [-0.15, -0.1) is 0 Å². The summed E-state index contributed by atoms with van der Waals surface area (Å²) in [7, 11) is 0. The first-order chi connectivity index (χ1) is 18.4. The number of hydrogen-bond donors (Lipinski definition) is 3. The van der Waals surface area contributed by atoms with Crippen molar-refractivity contribution in [2.24, 2.45) is 0 Å². The van der Waals surface area contributed by atoms with E-state index >= 15 is 0 Å². The van der Waals surface area contributed by atoms with E-state index in [0.29, 0.717) is 37.4 Å². The van der Waals surface area contributed by atoms with Crippen molar-refractivity contribution in [3.8, 4) is 17.6 Å². The van der Waals surface area contributed by atoms with Gasteiger partial charge in [0.2, 0.25) is 5.91 Å². The second-order valence-corrected chi connectivity index (χ2v) is 9.44. The van der Waals surface area contributed by atoms with Crippen LogP contribution in [0, 0.1) is 11.8 Å². The number of amides is 1. The molecule has 2 aromatic rings. The molecular weight excluding hydrogens is 486 g/mol. The largest absolute Gasteiger partial charge is 0.487 e. The standard InChI is InChI=1S/C29H27N3O6/c1-19(34)30-22-11-10-21-16-32-23(17-38-27(21)13-22)14-25(31-32)24-9-5-4-8-20(24)7-3-2-6-12-37-28-26(35)15-29(28,36)18-33/h8-11,13-14,28,33,36H,2,6,12,15-18H2,1H3,(H,30,34). The summed E-state index contributed by atoms with van der Waals surface area (Å²) in [5.74, 6) is 6.66. The molecule has 0 saturated heterocycles. The van der Waals surface area contributed by atoms with Crippen molar-refractivity contribution in [3.63, 3.8) is 0 Å². The molecule has 3 aliphatic rings. The van der Waals surface area contributed by atoms with E-state index in [4.69, 9.17) is 14.6 Å². The van der Waals surface area contributed by atoms with Gasteiger partial charge in [-0.1, -0.05) is 29.4 Å². The summed E-state index contributed by atoms with van der Waals surface area (Å²) in [4.78, 5) is 23.0. The first kappa shape index (κ1) is 25.5. The van der Waals surface area contributed by atoms with Crippen LogP contribution in [-0.2, 0) is 27.5 Å². The molecule has 1 aromatic heterocycles.